The van der Waals surface area contributed by atoms with E-state index < -0.39 is 0 Å². The summed E-state index contributed by atoms with van der Waals surface area (Å²) in [6.07, 6.45) is 1.07. The Morgan fingerprint density at radius 2 is 2.05 bits per heavy atom. The van der Waals surface area contributed by atoms with E-state index in [1.807, 2.05) is 0 Å². The van der Waals surface area contributed by atoms with E-state index in [2.05, 4.69) is 77.9 Å². The largest absolute Gasteiger partial charge is 0.369 e. The summed E-state index contributed by atoms with van der Waals surface area (Å²) in [5, 5.41) is 3.66. The van der Waals surface area contributed by atoms with Crippen molar-refractivity contribution >= 4 is 43.2 Å². The second-order valence-corrected chi connectivity index (χ2v) is 10.3. The number of ether oxygens (including phenoxy) is 1. The molecule has 5 heteroatoms. The number of hydrogen-bond donors (Lipinski definition) is 1. The molecule has 0 amide bonds. The molecular weight excluding hydrogens is 402 g/mol. The molecule has 0 saturated carbocycles. The van der Waals surface area contributed by atoms with E-state index in [0.29, 0.717) is 12.0 Å². The fraction of sp³-hybridized carbons (Fsp3) is 0.733. The quantitative estimate of drug-likeness (QED) is 0.687. The summed E-state index contributed by atoms with van der Waals surface area (Å²) in [5.41, 5.74) is 1.16. The minimum Gasteiger partial charge on any atom is -0.369 e. The Labute approximate surface area is 142 Å². The molecule has 1 fully saturated rings. The average Bonchev–Trinajstić information content (AvgIpc) is 2.71. The van der Waals surface area contributed by atoms with Gasteiger partial charge in [0.1, 0.15) is 0 Å². The van der Waals surface area contributed by atoms with Crippen molar-refractivity contribution in [2.45, 2.75) is 58.3 Å². The summed E-state index contributed by atoms with van der Waals surface area (Å²) in [7, 11) is 0. The molecule has 1 aliphatic rings. The molecule has 1 aromatic rings. The monoisotopic (exact) mass is 423 g/mol. The van der Waals surface area contributed by atoms with Gasteiger partial charge in [0.15, 0.2) is 0 Å². The molecule has 1 N–H and O–H groups in total. The van der Waals surface area contributed by atoms with Gasteiger partial charge in [-0.1, -0.05) is 6.92 Å². The summed E-state index contributed by atoms with van der Waals surface area (Å²) in [5.74, 6) is 0.454. The average molecular weight is 425 g/mol. The van der Waals surface area contributed by atoms with E-state index in [1.165, 1.54) is 13.1 Å². The summed E-state index contributed by atoms with van der Waals surface area (Å²) >= 11 is 9.03. The van der Waals surface area contributed by atoms with Crippen LogP contribution < -0.4 is 5.32 Å². The molecule has 1 saturated heterocycles. The van der Waals surface area contributed by atoms with Crippen molar-refractivity contribution in [2.24, 2.45) is 5.92 Å². The second-order valence-electron chi connectivity index (χ2n) is 6.59. The van der Waals surface area contributed by atoms with Gasteiger partial charge < -0.3 is 10.1 Å². The predicted molar refractivity (Wildman–Crippen MR) is 93.5 cm³/mol. The fourth-order valence-electron chi connectivity index (χ4n) is 3.38. The smallest absolute Gasteiger partial charge is 0.0758 e. The zero-order chi connectivity index (χ0) is 15.1. The molecule has 1 aromatic heterocycles. The van der Waals surface area contributed by atoms with Crippen LogP contribution in [0.4, 0.5) is 0 Å². The van der Waals surface area contributed by atoms with E-state index in [1.54, 1.807) is 11.3 Å². The number of hydrogen-bond acceptors (Lipinski definition) is 3. The SMILES string of the molecule is CCNC(c1cc(Br)sc1Br)C1CC(C)(C)OC1(C)C. The molecule has 20 heavy (non-hydrogen) atoms. The highest BCUT2D eigenvalue weighted by Gasteiger charge is 2.49. The maximum Gasteiger partial charge on any atom is 0.0758 e. The molecule has 2 rings (SSSR count). The predicted octanol–water partition coefficient (Wildman–Crippen LogP) is 5.52. The van der Waals surface area contributed by atoms with Gasteiger partial charge in [-0.3, -0.25) is 0 Å². The highest BCUT2D eigenvalue weighted by molar-refractivity contribution is 9.12. The Bertz CT molecular complexity index is 484. The first-order valence-corrected chi connectivity index (χ1v) is 9.45. The number of nitrogens with one attached hydrogen (secondary N) is 1. The maximum absolute atomic E-state index is 6.28. The topological polar surface area (TPSA) is 21.3 Å². The van der Waals surface area contributed by atoms with Crippen LogP contribution in [0.25, 0.3) is 0 Å². The Kier molecular flexibility index (Phi) is 5.08. The van der Waals surface area contributed by atoms with Gasteiger partial charge in [-0.2, -0.15) is 0 Å². The molecule has 0 aliphatic carbocycles. The summed E-state index contributed by atoms with van der Waals surface area (Å²) in [6, 6.07) is 2.54. The third-order valence-corrected chi connectivity index (χ3v) is 6.37. The first-order chi connectivity index (χ1) is 9.16. The lowest BCUT2D eigenvalue weighted by Gasteiger charge is -2.33. The van der Waals surface area contributed by atoms with Crippen LogP contribution in [0.1, 0.15) is 52.6 Å². The Morgan fingerprint density at radius 3 is 2.45 bits per heavy atom. The van der Waals surface area contributed by atoms with Crippen LogP contribution in [0.5, 0.6) is 0 Å². The zero-order valence-corrected chi connectivity index (χ0v) is 16.7. The third kappa shape index (κ3) is 3.49. The van der Waals surface area contributed by atoms with Gasteiger partial charge in [0.05, 0.1) is 18.8 Å². The van der Waals surface area contributed by atoms with Gasteiger partial charge in [-0.15, -0.1) is 11.3 Å². The molecule has 114 valence electrons. The summed E-state index contributed by atoms with van der Waals surface area (Å²) in [4.78, 5) is 0. The van der Waals surface area contributed by atoms with Crippen LogP contribution in [0, 0.1) is 5.92 Å². The lowest BCUT2D eigenvalue weighted by atomic mass is 9.79. The van der Waals surface area contributed by atoms with E-state index in [-0.39, 0.29) is 11.2 Å². The molecule has 2 heterocycles. The van der Waals surface area contributed by atoms with Crippen molar-refractivity contribution < 1.29 is 4.74 Å². The second kappa shape index (κ2) is 5.99. The fourth-order valence-corrected chi connectivity index (χ4v) is 6.31. The lowest BCUT2D eigenvalue weighted by Crippen LogP contribution is -2.38. The van der Waals surface area contributed by atoms with Gasteiger partial charge in [-0.05, 0) is 84.2 Å². The first-order valence-electron chi connectivity index (χ1n) is 7.04. The maximum atomic E-state index is 6.28. The molecule has 1 aliphatic heterocycles. The highest BCUT2D eigenvalue weighted by Crippen LogP contribution is 2.50. The van der Waals surface area contributed by atoms with E-state index >= 15 is 0 Å². The highest BCUT2D eigenvalue weighted by atomic mass is 79.9. The van der Waals surface area contributed by atoms with Crippen molar-refractivity contribution in [1.82, 2.24) is 5.32 Å². The van der Waals surface area contributed by atoms with Crippen molar-refractivity contribution in [3.63, 3.8) is 0 Å². The van der Waals surface area contributed by atoms with Crippen LogP contribution in [-0.4, -0.2) is 17.7 Å². The molecule has 2 nitrogen and oxygen atoms in total. The van der Waals surface area contributed by atoms with Gasteiger partial charge >= 0.3 is 0 Å². The van der Waals surface area contributed by atoms with Crippen LogP contribution >= 0.6 is 43.2 Å². The third-order valence-electron chi connectivity index (χ3n) is 3.99. The Balaban J connectivity index is 2.36. The van der Waals surface area contributed by atoms with Gasteiger partial charge in [0, 0.05) is 12.0 Å². The van der Waals surface area contributed by atoms with Crippen LogP contribution in [-0.2, 0) is 4.74 Å². The van der Waals surface area contributed by atoms with E-state index in [0.717, 1.165) is 13.0 Å². The van der Waals surface area contributed by atoms with Crippen LogP contribution in [0.2, 0.25) is 0 Å². The lowest BCUT2D eigenvalue weighted by molar-refractivity contribution is -0.0778. The number of rotatable bonds is 4. The van der Waals surface area contributed by atoms with Crippen molar-refractivity contribution in [3.05, 3.63) is 19.2 Å². The Morgan fingerprint density at radius 1 is 1.40 bits per heavy atom. The normalized spacial score (nSPS) is 25.9. The Hall–Kier alpha value is 0.580. The van der Waals surface area contributed by atoms with Crippen molar-refractivity contribution in [3.8, 4) is 0 Å². The first kappa shape index (κ1) is 16.9. The van der Waals surface area contributed by atoms with Gasteiger partial charge in [0.25, 0.3) is 0 Å². The van der Waals surface area contributed by atoms with Crippen molar-refractivity contribution in [2.75, 3.05) is 6.54 Å². The number of thiophene rings is 1. The number of halogens is 2. The van der Waals surface area contributed by atoms with Gasteiger partial charge in [-0.25, -0.2) is 0 Å². The van der Waals surface area contributed by atoms with E-state index in [4.69, 9.17) is 4.74 Å². The van der Waals surface area contributed by atoms with Crippen LogP contribution in [0.15, 0.2) is 13.6 Å². The molecule has 2 unspecified atom stereocenters. The molecule has 0 bridgehead atoms. The molecule has 2 atom stereocenters. The minimum absolute atomic E-state index is 0.0540. The van der Waals surface area contributed by atoms with Gasteiger partial charge in [0.2, 0.25) is 0 Å². The molecule has 0 aromatic carbocycles. The summed E-state index contributed by atoms with van der Waals surface area (Å²) < 4.78 is 8.65. The summed E-state index contributed by atoms with van der Waals surface area (Å²) in [6.45, 7) is 11.9. The van der Waals surface area contributed by atoms with Crippen molar-refractivity contribution in [1.29, 1.82) is 0 Å². The molecular formula is C15H23Br2NOS. The standard InChI is InChI=1S/C15H23Br2NOS/c1-6-18-12(9-7-11(16)20-13(9)17)10-8-14(2,3)19-15(10,4)5/h7,10,12,18H,6,8H2,1-5H3. The molecule has 0 spiro atoms. The zero-order valence-electron chi connectivity index (χ0n) is 12.7. The van der Waals surface area contributed by atoms with Crippen LogP contribution in [0.3, 0.4) is 0 Å². The molecule has 0 radical (unpaired) electrons. The van der Waals surface area contributed by atoms with E-state index in [9.17, 15) is 0 Å². The minimum atomic E-state index is -0.121.